The Morgan fingerprint density at radius 3 is 2.75 bits per heavy atom. The van der Waals surface area contributed by atoms with Crippen molar-refractivity contribution >= 4 is 5.97 Å². The van der Waals surface area contributed by atoms with Crippen molar-refractivity contribution in [2.24, 2.45) is 0 Å². The number of carboxylic acids is 1. The molecule has 28 heavy (non-hydrogen) atoms. The zero-order valence-corrected chi connectivity index (χ0v) is 15.3. The molecule has 0 amide bonds. The van der Waals surface area contributed by atoms with Crippen molar-refractivity contribution in [2.45, 2.75) is 45.1 Å². The fraction of sp³-hybridized carbons (Fsp3) is 0.500. The van der Waals surface area contributed by atoms with Crippen LogP contribution in [0.4, 0.5) is 13.2 Å². The van der Waals surface area contributed by atoms with Gasteiger partial charge < -0.3 is 14.4 Å². The molecule has 0 fully saturated rings. The summed E-state index contributed by atoms with van der Waals surface area (Å²) in [5.41, 5.74) is -0.799. The third-order valence-corrected chi connectivity index (χ3v) is 4.73. The van der Waals surface area contributed by atoms with E-state index in [4.69, 9.17) is 4.74 Å². The van der Waals surface area contributed by atoms with Crippen molar-refractivity contribution in [2.75, 3.05) is 13.2 Å². The van der Waals surface area contributed by atoms with Gasteiger partial charge in [-0.05, 0) is 38.4 Å². The Labute approximate surface area is 159 Å². The molecule has 1 aliphatic heterocycles. The van der Waals surface area contributed by atoms with E-state index in [0.717, 1.165) is 6.07 Å². The number of para-hydroxylation sites is 1. The third-order valence-electron chi connectivity index (χ3n) is 4.73. The van der Waals surface area contributed by atoms with Crippen molar-refractivity contribution in [1.82, 2.24) is 19.7 Å². The van der Waals surface area contributed by atoms with Crippen LogP contribution in [0.1, 0.15) is 30.1 Å². The van der Waals surface area contributed by atoms with Crippen LogP contribution in [-0.2, 0) is 24.1 Å². The van der Waals surface area contributed by atoms with Crippen LogP contribution in [0.3, 0.4) is 0 Å². The van der Waals surface area contributed by atoms with Crippen molar-refractivity contribution in [1.29, 1.82) is 0 Å². The molecular formula is C18H21F3N4O3. The molecule has 7 nitrogen and oxygen atoms in total. The second-order valence-electron chi connectivity index (χ2n) is 6.65. The van der Waals surface area contributed by atoms with E-state index in [1.807, 2.05) is 0 Å². The number of aliphatic carboxylic acids is 1. The van der Waals surface area contributed by atoms with Gasteiger partial charge in [-0.3, -0.25) is 9.69 Å². The highest BCUT2D eigenvalue weighted by Crippen LogP contribution is 2.35. The number of hydrogen-bond donors (Lipinski definition) is 1. The number of nitrogens with zero attached hydrogens (tertiary/aromatic N) is 4. The van der Waals surface area contributed by atoms with Gasteiger partial charge in [-0.15, -0.1) is 10.2 Å². The summed E-state index contributed by atoms with van der Waals surface area (Å²) < 4.78 is 46.0. The van der Waals surface area contributed by atoms with Gasteiger partial charge in [0.25, 0.3) is 0 Å². The minimum atomic E-state index is -4.47. The average molecular weight is 398 g/mol. The Morgan fingerprint density at radius 2 is 2.04 bits per heavy atom. The lowest BCUT2D eigenvalue weighted by Crippen LogP contribution is -2.48. The van der Waals surface area contributed by atoms with Crippen LogP contribution in [0.5, 0.6) is 5.75 Å². The van der Waals surface area contributed by atoms with Crippen molar-refractivity contribution in [3.05, 3.63) is 41.5 Å². The standard InChI is InChI=1S/C18H21F3N4O3/c1-12-22-23-16-11-24(14(17(26)27)10-25(12)16)8-4-5-9-28-15-7-3-2-6-13(15)18(19,20)21/h2-3,6-7,14H,4-5,8-11H2,1H3,(H,26,27). The summed E-state index contributed by atoms with van der Waals surface area (Å²) in [6.07, 6.45) is -3.38. The molecule has 2 heterocycles. The number of benzene rings is 1. The number of aryl methyl sites for hydroxylation is 1. The average Bonchev–Trinajstić information content (AvgIpc) is 3.00. The van der Waals surface area contributed by atoms with Gasteiger partial charge in [0.1, 0.15) is 23.4 Å². The van der Waals surface area contributed by atoms with Crippen LogP contribution < -0.4 is 4.74 Å². The minimum absolute atomic E-state index is 0.119. The van der Waals surface area contributed by atoms with E-state index in [1.165, 1.54) is 18.2 Å². The number of halogens is 3. The van der Waals surface area contributed by atoms with E-state index in [2.05, 4.69) is 10.2 Å². The predicted octanol–water partition coefficient (Wildman–Crippen LogP) is 2.73. The van der Waals surface area contributed by atoms with E-state index < -0.39 is 23.8 Å². The molecule has 10 heteroatoms. The summed E-state index contributed by atoms with van der Waals surface area (Å²) in [5, 5.41) is 17.5. The molecule has 2 aromatic rings. The van der Waals surface area contributed by atoms with Gasteiger partial charge in [-0.25, -0.2) is 0 Å². The minimum Gasteiger partial charge on any atom is -0.493 e. The Hall–Kier alpha value is -2.62. The van der Waals surface area contributed by atoms with Gasteiger partial charge in [0.2, 0.25) is 0 Å². The second-order valence-corrected chi connectivity index (χ2v) is 6.65. The summed E-state index contributed by atoms with van der Waals surface area (Å²) in [4.78, 5) is 13.4. The third kappa shape index (κ3) is 4.44. The molecule has 1 aromatic carbocycles. The van der Waals surface area contributed by atoms with Crippen LogP contribution in [0, 0.1) is 6.92 Å². The number of aromatic nitrogens is 3. The maximum atomic E-state index is 13.0. The van der Waals surface area contributed by atoms with Gasteiger partial charge >= 0.3 is 12.1 Å². The first kappa shape index (κ1) is 20.1. The van der Waals surface area contributed by atoms with Gasteiger partial charge in [-0.2, -0.15) is 13.2 Å². The number of carboxylic acid groups (broad SMARTS) is 1. The van der Waals surface area contributed by atoms with Gasteiger partial charge in [-0.1, -0.05) is 12.1 Å². The Balaban J connectivity index is 1.52. The first-order chi connectivity index (χ1) is 13.3. The SMILES string of the molecule is Cc1nnc2n1CC(C(=O)O)N(CCCCOc1ccccc1C(F)(F)F)C2. The number of fused-ring (bicyclic) bond motifs is 1. The maximum Gasteiger partial charge on any atom is 0.419 e. The van der Waals surface area contributed by atoms with E-state index in [1.54, 1.807) is 16.4 Å². The lowest BCUT2D eigenvalue weighted by molar-refractivity contribution is -0.145. The van der Waals surface area contributed by atoms with E-state index in [9.17, 15) is 23.1 Å². The largest absolute Gasteiger partial charge is 0.493 e. The monoisotopic (exact) mass is 398 g/mol. The van der Waals surface area contributed by atoms with Crippen molar-refractivity contribution in [3.8, 4) is 5.75 Å². The smallest absolute Gasteiger partial charge is 0.419 e. The molecule has 1 aliphatic rings. The lowest BCUT2D eigenvalue weighted by Gasteiger charge is -2.33. The second kappa shape index (κ2) is 8.17. The molecule has 0 saturated heterocycles. The first-order valence-electron chi connectivity index (χ1n) is 8.92. The molecule has 1 N–H and O–H groups in total. The highest BCUT2D eigenvalue weighted by Gasteiger charge is 2.34. The van der Waals surface area contributed by atoms with E-state index >= 15 is 0 Å². The van der Waals surface area contributed by atoms with Crippen LogP contribution in [0.25, 0.3) is 0 Å². The quantitative estimate of drug-likeness (QED) is 0.723. The highest BCUT2D eigenvalue weighted by molar-refractivity contribution is 5.73. The van der Waals surface area contributed by atoms with Gasteiger partial charge in [0.15, 0.2) is 0 Å². The summed E-state index contributed by atoms with van der Waals surface area (Å²) >= 11 is 0. The summed E-state index contributed by atoms with van der Waals surface area (Å²) in [6.45, 7) is 3.02. The molecule has 1 aromatic heterocycles. The maximum absolute atomic E-state index is 13.0. The Kier molecular flexibility index (Phi) is 5.87. The number of carbonyl (C=O) groups is 1. The Morgan fingerprint density at radius 1 is 1.29 bits per heavy atom. The fourth-order valence-electron chi connectivity index (χ4n) is 3.25. The van der Waals surface area contributed by atoms with Crippen molar-refractivity contribution in [3.63, 3.8) is 0 Å². The molecule has 0 aliphatic carbocycles. The number of unbranched alkanes of at least 4 members (excludes halogenated alkanes) is 1. The molecule has 0 spiro atoms. The summed E-state index contributed by atoms with van der Waals surface area (Å²) in [6, 6.07) is 4.41. The Bertz CT molecular complexity index is 838. The van der Waals surface area contributed by atoms with E-state index in [0.29, 0.717) is 37.6 Å². The van der Waals surface area contributed by atoms with E-state index in [-0.39, 0.29) is 18.9 Å². The zero-order chi connectivity index (χ0) is 20.3. The topological polar surface area (TPSA) is 80.5 Å². The predicted molar refractivity (Wildman–Crippen MR) is 92.8 cm³/mol. The lowest BCUT2D eigenvalue weighted by atomic mass is 10.1. The molecule has 1 unspecified atom stereocenters. The molecular weight excluding hydrogens is 377 g/mol. The number of alkyl halides is 3. The van der Waals surface area contributed by atoms with Crippen LogP contribution in [-0.4, -0.2) is 49.9 Å². The van der Waals surface area contributed by atoms with Crippen molar-refractivity contribution < 1.29 is 27.8 Å². The summed E-state index contributed by atoms with van der Waals surface area (Å²) in [7, 11) is 0. The molecule has 152 valence electrons. The molecule has 0 bridgehead atoms. The fourth-order valence-corrected chi connectivity index (χ4v) is 3.25. The number of hydrogen-bond acceptors (Lipinski definition) is 5. The van der Waals surface area contributed by atoms with Gasteiger partial charge in [0.05, 0.1) is 25.3 Å². The number of rotatable bonds is 7. The first-order valence-corrected chi connectivity index (χ1v) is 8.92. The highest BCUT2D eigenvalue weighted by atomic mass is 19.4. The van der Waals surface area contributed by atoms with Crippen LogP contribution in [0.15, 0.2) is 24.3 Å². The number of ether oxygens (including phenoxy) is 1. The zero-order valence-electron chi connectivity index (χ0n) is 15.3. The summed E-state index contributed by atoms with van der Waals surface area (Å²) in [5.74, 6) is 0.275. The molecule has 0 saturated carbocycles. The van der Waals surface area contributed by atoms with Crippen LogP contribution in [0.2, 0.25) is 0 Å². The van der Waals surface area contributed by atoms with Crippen LogP contribution >= 0.6 is 0 Å². The van der Waals surface area contributed by atoms with Gasteiger partial charge in [0, 0.05) is 0 Å². The molecule has 3 rings (SSSR count). The molecule has 1 atom stereocenters. The molecule has 0 radical (unpaired) electrons. The normalized spacial score (nSPS) is 17.4.